The normalized spacial score (nSPS) is 11.7. The topological polar surface area (TPSA) is 107 Å². The summed E-state index contributed by atoms with van der Waals surface area (Å²) in [7, 11) is 0. The van der Waals surface area contributed by atoms with E-state index in [1.165, 1.54) is 17.4 Å². The van der Waals surface area contributed by atoms with Gasteiger partial charge in [-0.1, -0.05) is 18.2 Å². The van der Waals surface area contributed by atoms with Crippen LogP contribution in [0.25, 0.3) is 10.4 Å². The first-order chi connectivity index (χ1) is 16.0. The Labute approximate surface area is 202 Å². The fraction of sp³-hybridized carbons (Fsp3) is 0.360. The van der Waals surface area contributed by atoms with Crippen LogP contribution in [0.4, 0.5) is 15.2 Å². The number of carbonyl (C=O) groups excluding carboxylic acids is 1. The van der Waals surface area contributed by atoms with Crippen LogP contribution in [0.2, 0.25) is 0 Å². The number of rotatable bonds is 11. The summed E-state index contributed by atoms with van der Waals surface area (Å²) in [4.78, 5) is 17.1. The molecule has 34 heavy (non-hydrogen) atoms. The third-order valence-corrected chi connectivity index (χ3v) is 6.00. The zero-order valence-corrected chi connectivity index (χ0v) is 20.5. The summed E-state index contributed by atoms with van der Waals surface area (Å²) in [5.41, 5.74) is 6.12. The van der Waals surface area contributed by atoms with Crippen LogP contribution in [0.3, 0.4) is 0 Å². The molecule has 0 saturated heterocycles. The molecule has 2 aromatic heterocycles. The first-order valence-corrected chi connectivity index (χ1v) is 11.7. The van der Waals surface area contributed by atoms with Crippen LogP contribution in [0, 0.1) is 5.82 Å². The molecule has 0 unspecified atom stereocenters. The molecule has 4 N–H and O–H groups in total. The van der Waals surface area contributed by atoms with Gasteiger partial charge in [-0.2, -0.15) is 0 Å². The zero-order chi connectivity index (χ0) is 24.9. The number of hydrogen-bond donors (Lipinski definition) is 3. The van der Waals surface area contributed by atoms with E-state index in [1.54, 1.807) is 38.1 Å². The van der Waals surface area contributed by atoms with Gasteiger partial charge < -0.3 is 25.6 Å². The van der Waals surface area contributed by atoms with E-state index in [0.717, 1.165) is 0 Å². The predicted octanol–water partition coefficient (Wildman–Crippen LogP) is 4.96. The fourth-order valence-corrected chi connectivity index (χ4v) is 4.26. The summed E-state index contributed by atoms with van der Waals surface area (Å²) in [6.07, 6.45) is 0.150. The van der Waals surface area contributed by atoms with E-state index in [0.29, 0.717) is 52.3 Å². The van der Waals surface area contributed by atoms with Gasteiger partial charge in [0, 0.05) is 10.4 Å². The van der Waals surface area contributed by atoms with Crippen LogP contribution in [0.15, 0.2) is 42.5 Å². The summed E-state index contributed by atoms with van der Waals surface area (Å²) < 4.78 is 25.9. The van der Waals surface area contributed by atoms with Gasteiger partial charge in [0.2, 0.25) is 0 Å². The lowest BCUT2D eigenvalue weighted by atomic mass is 9.96. The van der Waals surface area contributed by atoms with E-state index in [-0.39, 0.29) is 11.7 Å². The van der Waals surface area contributed by atoms with E-state index < -0.39 is 17.3 Å². The zero-order valence-electron chi connectivity index (χ0n) is 19.7. The molecule has 0 aliphatic rings. The highest BCUT2D eigenvalue weighted by atomic mass is 32.1. The second-order valence-electron chi connectivity index (χ2n) is 8.58. The number of carbonyl (C=O) groups is 1. The molecule has 0 bridgehead atoms. The Morgan fingerprint density at radius 1 is 1.24 bits per heavy atom. The van der Waals surface area contributed by atoms with Crippen LogP contribution in [0.5, 0.6) is 0 Å². The van der Waals surface area contributed by atoms with Crippen molar-refractivity contribution in [1.82, 2.24) is 4.98 Å². The molecule has 0 atom stereocenters. The Bertz CT molecular complexity index is 1140. The van der Waals surface area contributed by atoms with Gasteiger partial charge >= 0.3 is 0 Å². The maximum atomic E-state index is 14.8. The molecule has 0 saturated carbocycles. The van der Waals surface area contributed by atoms with Crippen molar-refractivity contribution in [3.8, 4) is 10.4 Å². The smallest absolute Gasteiger partial charge is 0.251 e. The lowest BCUT2D eigenvalue weighted by Crippen LogP contribution is -2.15. The third-order valence-electron chi connectivity index (χ3n) is 4.92. The maximum Gasteiger partial charge on any atom is 0.251 e. The van der Waals surface area contributed by atoms with Crippen LogP contribution >= 0.6 is 11.3 Å². The lowest BCUT2D eigenvalue weighted by molar-refractivity contribution is 0.0136. The number of anilines is 2. The number of amides is 1. The van der Waals surface area contributed by atoms with Crippen molar-refractivity contribution in [3.05, 3.63) is 65.1 Å². The summed E-state index contributed by atoms with van der Waals surface area (Å²) >= 11 is 1.19. The summed E-state index contributed by atoms with van der Waals surface area (Å²) in [5, 5.41) is 13.7. The van der Waals surface area contributed by atoms with Gasteiger partial charge in [-0.05, 0) is 57.5 Å². The highest BCUT2D eigenvalue weighted by Crippen LogP contribution is 2.38. The molecule has 0 radical (unpaired) electrons. The average molecular weight is 488 g/mol. The molecule has 7 nitrogen and oxygen atoms in total. The molecule has 3 rings (SSSR count). The SMILES string of the molecule is CC(C)OCCOCc1cccc(Nc2sc(-c3ccc(C(C)(C)O)cc3F)cc2C(N)=O)n1. The monoisotopic (exact) mass is 487 g/mol. The van der Waals surface area contributed by atoms with Gasteiger partial charge in [-0.25, -0.2) is 9.37 Å². The number of nitrogens with zero attached hydrogens (tertiary/aromatic N) is 1. The Balaban J connectivity index is 1.78. The number of thiophene rings is 1. The van der Waals surface area contributed by atoms with Gasteiger partial charge in [0.25, 0.3) is 5.91 Å². The molecule has 0 aliphatic heterocycles. The molecular formula is C25H30FN3O4S. The standard InChI is InChI=1S/C25H30FN3O4S/c1-15(2)33-11-10-32-14-17-6-5-7-22(28-17)29-24-19(23(27)30)13-21(34-24)18-9-8-16(12-20(18)26)25(3,4)31/h5-9,12-13,15,31H,10-11,14H2,1-4H3,(H2,27,30)(H,28,29). The van der Waals surface area contributed by atoms with Gasteiger partial charge in [-0.3, -0.25) is 4.79 Å². The van der Waals surface area contributed by atoms with Crippen molar-refractivity contribution in [2.24, 2.45) is 5.73 Å². The van der Waals surface area contributed by atoms with Crippen LogP contribution in [0.1, 0.15) is 49.3 Å². The van der Waals surface area contributed by atoms with E-state index in [9.17, 15) is 14.3 Å². The number of aromatic nitrogens is 1. The first-order valence-electron chi connectivity index (χ1n) is 10.9. The molecule has 3 aromatic rings. The number of nitrogens with two attached hydrogens (primary N) is 1. The lowest BCUT2D eigenvalue weighted by Gasteiger charge is -2.18. The van der Waals surface area contributed by atoms with E-state index in [4.69, 9.17) is 15.2 Å². The summed E-state index contributed by atoms with van der Waals surface area (Å²) in [5.74, 6) is -0.626. The maximum absolute atomic E-state index is 14.8. The first kappa shape index (κ1) is 25.8. The van der Waals surface area contributed by atoms with E-state index in [1.807, 2.05) is 26.0 Å². The Morgan fingerprint density at radius 3 is 2.65 bits per heavy atom. The van der Waals surface area contributed by atoms with Crippen molar-refractivity contribution >= 4 is 28.1 Å². The van der Waals surface area contributed by atoms with Crippen LogP contribution in [-0.2, 0) is 21.7 Å². The molecule has 182 valence electrons. The minimum Gasteiger partial charge on any atom is -0.386 e. The van der Waals surface area contributed by atoms with Gasteiger partial charge in [0.05, 0.1) is 42.8 Å². The van der Waals surface area contributed by atoms with Gasteiger partial charge in [0.1, 0.15) is 16.6 Å². The van der Waals surface area contributed by atoms with Crippen LogP contribution in [-0.4, -0.2) is 35.3 Å². The molecule has 0 spiro atoms. The second-order valence-corrected chi connectivity index (χ2v) is 9.63. The number of aliphatic hydroxyl groups is 1. The average Bonchev–Trinajstić information content (AvgIpc) is 3.16. The minimum atomic E-state index is -1.16. The molecule has 0 aliphatic carbocycles. The molecule has 1 aromatic carbocycles. The Kier molecular flexibility index (Phi) is 8.37. The van der Waals surface area contributed by atoms with E-state index in [2.05, 4.69) is 10.3 Å². The predicted molar refractivity (Wildman–Crippen MR) is 132 cm³/mol. The largest absolute Gasteiger partial charge is 0.386 e. The van der Waals surface area contributed by atoms with Crippen molar-refractivity contribution < 1.29 is 23.8 Å². The molecule has 0 fully saturated rings. The number of halogens is 1. The van der Waals surface area contributed by atoms with Crippen molar-refractivity contribution in [2.45, 2.75) is 46.0 Å². The van der Waals surface area contributed by atoms with Crippen molar-refractivity contribution in [2.75, 3.05) is 18.5 Å². The number of hydrogen-bond acceptors (Lipinski definition) is 7. The number of nitrogens with one attached hydrogen (secondary N) is 1. The fourth-order valence-electron chi connectivity index (χ4n) is 3.16. The number of primary amides is 1. The number of benzene rings is 1. The van der Waals surface area contributed by atoms with Gasteiger partial charge in [-0.15, -0.1) is 11.3 Å². The van der Waals surface area contributed by atoms with Crippen molar-refractivity contribution in [3.63, 3.8) is 0 Å². The minimum absolute atomic E-state index is 0.150. The molecule has 9 heteroatoms. The molecule has 1 amide bonds. The number of ether oxygens (including phenoxy) is 2. The van der Waals surface area contributed by atoms with E-state index >= 15 is 0 Å². The van der Waals surface area contributed by atoms with Gasteiger partial charge in [0.15, 0.2) is 0 Å². The summed E-state index contributed by atoms with van der Waals surface area (Å²) in [6.45, 7) is 8.38. The number of pyridine rings is 1. The highest BCUT2D eigenvalue weighted by molar-refractivity contribution is 7.19. The third kappa shape index (κ3) is 6.83. The summed E-state index contributed by atoms with van der Waals surface area (Å²) in [6, 6.07) is 11.5. The second kappa shape index (κ2) is 11.1. The Morgan fingerprint density at radius 2 is 2.00 bits per heavy atom. The highest BCUT2D eigenvalue weighted by Gasteiger charge is 2.21. The molecule has 2 heterocycles. The van der Waals surface area contributed by atoms with Crippen LogP contribution < -0.4 is 11.1 Å². The Hall–Kier alpha value is -2.85. The molecular weight excluding hydrogens is 457 g/mol. The quantitative estimate of drug-likeness (QED) is 0.330. The van der Waals surface area contributed by atoms with Crippen molar-refractivity contribution in [1.29, 1.82) is 0 Å².